The standard InChI is InChI=1S/C15H17NO3/c1-11(15(17)18)16(2)10-13-8-9-14(19-13)12-6-4-3-5-7-12/h3-9,11H,10H2,1-2H3,(H,17,18). The topological polar surface area (TPSA) is 53.7 Å². The first-order valence-corrected chi connectivity index (χ1v) is 6.15. The summed E-state index contributed by atoms with van der Waals surface area (Å²) < 4.78 is 5.74. The third kappa shape index (κ3) is 3.23. The SMILES string of the molecule is CC(C(=O)O)N(C)Cc1ccc(-c2ccccc2)o1. The Morgan fingerprint density at radius 2 is 1.95 bits per heavy atom. The summed E-state index contributed by atoms with van der Waals surface area (Å²) in [5, 5.41) is 8.94. The molecule has 19 heavy (non-hydrogen) atoms. The largest absolute Gasteiger partial charge is 0.480 e. The number of carboxylic acids is 1. The maximum absolute atomic E-state index is 10.9. The molecule has 0 aliphatic rings. The van der Waals surface area contributed by atoms with Crippen LogP contribution >= 0.6 is 0 Å². The van der Waals surface area contributed by atoms with Crippen molar-refractivity contribution in [2.45, 2.75) is 19.5 Å². The predicted octanol–water partition coefficient (Wildman–Crippen LogP) is 2.85. The van der Waals surface area contributed by atoms with Crippen molar-refractivity contribution in [1.29, 1.82) is 0 Å². The van der Waals surface area contributed by atoms with Crippen LogP contribution in [0.25, 0.3) is 11.3 Å². The van der Waals surface area contributed by atoms with E-state index in [1.54, 1.807) is 18.9 Å². The number of furan rings is 1. The molecular formula is C15H17NO3. The normalized spacial score (nSPS) is 12.6. The van der Waals surface area contributed by atoms with Crippen molar-refractivity contribution in [1.82, 2.24) is 4.90 Å². The number of carbonyl (C=O) groups is 1. The molecule has 0 bridgehead atoms. The number of rotatable bonds is 5. The highest BCUT2D eigenvalue weighted by molar-refractivity contribution is 5.72. The Morgan fingerprint density at radius 3 is 2.58 bits per heavy atom. The van der Waals surface area contributed by atoms with Gasteiger partial charge in [-0.2, -0.15) is 0 Å². The molecule has 0 aliphatic heterocycles. The first-order chi connectivity index (χ1) is 9.08. The second-order valence-corrected chi connectivity index (χ2v) is 4.56. The molecule has 2 aromatic rings. The Bertz CT molecular complexity index is 548. The minimum atomic E-state index is -0.836. The molecule has 0 saturated heterocycles. The molecule has 0 aliphatic carbocycles. The summed E-state index contributed by atoms with van der Waals surface area (Å²) in [6.45, 7) is 2.13. The zero-order chi connectivity index (χ0) is 13.8. The van der Waals surface area contributed by atoms with Gasteiger partial charge in [-0.15, -0.1) is 0 Å². The minimum Gasteiger partial charge on any atom is -0.480 e. The Kier molecular flexibility index (Phi) is 4.02. The first-order valence-electron chi connectivity index (χ1n) is 6.15. The van der Waals surface area contributed by atoms with Crippen molar-refractivity contribution in [2.75, 3.05) is 7.05 Å². The van der Waals surface area contributed by atoms with E-state index in [1.165, 1.54) is 0 Å². The molecule has 2 rings (SSSR count). The molecule has 4 heteroatoms. The van der Waals surface area contributed by atoms with Crippen molar-refractivity contribution >= 4 is 5.97 Å². The van der Waals surface area contributed by atoms with E-state index >= 15 is 0 Å². The van der Waals surface area contributed by atoms with Crippen molar-refractivity contribution in [3.63, 3.8) is 0 Å². The number of likely N-dealkylation sites (N-methyl/N-ethyl adjacent to an activating group) is 1. The van der Waals surface area contributed by atoms with Crippen LogP contribution in [0.5, 0.6) is 0 Å². The van der Waals surface area contributed by atoms with Crippen LogP contribution in [-0.4, -0.2) is 29.1 Å². The molecule has 1 aromatic carbocycles. The molecule has 0 saturated carbocycles. The quantitative estimate of drug-likeness (QED) is 0.897. The average Bonchev–Trinajstić information content (AvgIpc) is 2.87. The van der Waals surface area contributed by atoms with Crippen LogP contribution < -0.4 is 0 Å². The molecule has 100 valence electrons. The molecule has 1 N–H and O–H groups in total. The molecule has 1 heterocycles. The summed E-state index contributed by atoms with van der Waals surface area (Å²) in [6.07, 6.45) is 0. The molecule has 0 spiro atoms. The van der Waals surface area contributed by atoms with E-state index in [0.29, 0.717) is 6.54 Å². The van der Waals surface area contributed by atoms with Crippen LogP contribution in [0.15, 0.2) is 46.9 Å². The lowest BCUT2D eigenvalue weighted by atomic mass is 10.2. The van der Waals surface area contributed by atoms with E-state index in [4.69, 9.17) is 9.52 Å². The maximum atomic E-state index is 10.9. The Morgan fingerprint density at radius 1 is 1.26 bits per heavy atom. The summed E-state index contributed by atoms with van der Waals surface area (Å²) in [5.41, 5.74) is 1.02. The Labute approximate surface area is 112 Å². The second kappa shape index (κ2) is 5.71. The molecule has 1 atom stereocenters. The first kappa shape index (κ1) is 13.4. The third-order valence-corrected chi connectivity index (χ3v) is 3.14. The zero-order valence-electron chi connectivity index (χ0n) is 11.0. The van der Waals surface area contributed by atoms with Gasteiger partial charge in [0.1, 0.15) is 17.6 Å². The number of aliphatic carboxylic acids is 1. The van der Waals surface area contributed by atoms with Gasteiger partial charge in [0.05, 0.1) is 6.54 Å². The monoisotopic (exact) mass is 259 g/mol. The fourth-order valence-corrected chi connectivity index (χ4v) is 1.79. The fourth-order valence-electron chi connectivity index (χ4n) is 1.79. The predicted molar refractivity (Wildman–Crippen MR) is 72.7 cm³/mol. The number of carboxylic acid groups (broad SMARTS) is 1. The lowest BCUT2D eigenvalue weighted by molar-refractivity contribution is -0.142. The highest BCUT2D eigenvalue weighted by Crippen LogP contribution is 2.22. The van der Waals surface area contributed by atoms with Crippen molar-refractivity contribution in [2.24, 2.45) is 0 Å². The van der Waals surface area contributed by atoms with E-state index in [1.807, 2.05) is 42.5 Å². The average molecular weight is 259 g/mol. The van der Waals surface area contributed by atoms with Gasteiger partial charge >= 0.3 is 5.97 Å². The summed E-state index contributed by atoms with van der Waals surface area (Å²) in [5.74, 6) is 0.721. The van der Waals surface area contributed by atoms with Crippen molar-refractivity contribution in [3.8, 4) is 11.3 Å². The Hall–Kier alpha value is -2.07. The van der Waals surface area contributed by atoms with Crippen LogP contribution in [-0.2, 0) is 11.3 Å². The maximum Gasteiger partial charge on any atom is 0.320 e. The van der Waals surface area contributed by atoms with Gasteiger partial charge in [-0.05, 0) is 26.1 Å². The van der Waals surface area contributed by atoms with Gasteiger partial charge < -0.3 is 9.52 Å². The van der Waals surface area contributed by atoms with Gasteiger partial charge in [0, 0.05) is 5.56 Å². The molecule has 0 radical (unpaired) electrons. The second-order valence-electron chi connectivity index (χ2n) is 4.56. The molecule has 0 fully saturated rings. The molecular weight excluding hydrogens is 242 g/mol. The molecule has 1 aromatic heterocycles. The minimum absolute atomic E-state index is 0.473. The van der Waals surface area contributed by atoms with Crippen LogP contribution in [0, 0.1) is 0 Å². The van der Waals surface area contributed by atoms with Crippen molar-refractivity contribution < 1.29 is 14.3 Å². The van der Waals surface area contributed by atoms with Gasteiger partial charge in [0.25, 0.3) is 0 Å². The van der Waals surface area contributed by atoms with Gasteiger partial charge in [-0.3, -0.25) is 9.69 Å². The van der Waals surface area contributed by atoms with Crippen LogP contribution in [0.4, 0.5) is 0 Å². The lowest BCUT2D eigenvalue weighted by Crippen LogP contribution is -2.35. The fraction of sp³-hybridized carbons (Fsp3) is 0.267. The molecule has 1 unspecified atom stereocenters. The summed E-state index contributed by atoms with van der Waals surface area (Å²) in [4.78, 5) is 12.6. The van der Waals surface area contributed by atoms with Crippen molar-refractivity contribution in [3.05, 3.63) is 48.2 Å². The van der Waals surface area contributed by atoms with E-state index in [0.717, 1.165) is 17.1 Å². The summed E-state index contributed by atoms with van der Waals surface area (Å²) >= 11 is 0. The smallest absolute Gasteiger partial charge is 0.320 e. The zero-order valence-corrected chi connectivity index (χ0v) is 11.0. The highest BCUT2D eigenvalue weighted by Gasteiger charge is 2.18. The van der Waals surface area contributed by atoms with E-state index in [9.17, 15) is 4.79 Å². The molecule has 4 nitrogen and oxygen atoms in total. The van der Waals surface area contributed by atoms with E-state index < -0.39 is 12.0 Å². The van der Waals surface area contributed by atoms with E-state index in [-0.39, 0.29) is 0 Å². The van der Waals surface area contributed by atoms with Crippen LogP contribution in [0.1, 0.15) is 12.7 Å². The van der Waals surface area contributed by atoms with Gasteiger partial charge in [-0.25, -0.2) is 0 Å². The van der Waals surface area contributed by atoms with Gasteiger partial charge in [0.15, 0.2) is 0 Å². The number of hydrogen-bond acceptors (Lipinski definition) is 3. The number of benzene rings is 1. The van der Waals surface area contributed by atoms with Gasteiger partial charge in [0.2, 0.25) is 0 Å². The Balaban J connectivity index is 2.08. The van der Waals surface area contributed by atoms with E-state index in [2.05, 4.69) is 0 Å². The number of nitrogens with zero attached hydrogens (tertiary/aromatic N) is 1. The summed E-state index contributed by atoms with van der Waals surface area (Å²) in [6, 6.07) is 13.1. The molecule has 0 amide bonds. The highest BCUT2D eigenvalue weighted by atomic mass is 16.4. The lowest BCUT2D eigenvalue weighted by Gasteiger charge is -2.19. The van der Waals surface area contributed by atoms with Gasteiger partial charge in [-0.1, -0.05) is 30.3 Å². The van der Waals surface area contributed by atoms with Crippen LogP contribution in [0.3, 0.4) is 0 Å². The summed E-state index contributed by atoms with van der Waals surface area (Å²) in [7, 11) is 1.77. The van der Waals surface area contributed by atoms with Crippen LogP contribution in [0.2, 0.25) is 0 Å². The third-order valence-electron chi connectivity index (χ3n) is 3.14. The number of hydrogen-bond donors (Lipinski definition) is 1.